The Morgan fingerprint density at radius 3 is 2.70 bits per heavy atom. The first-order valence-corrected chi connectivity index (χ1v) is 9.89. The van der Waals surface area contributed by atoms with Gasteiger partial charge in [0.15, 0.2) is 0 Å². The Morgan fingerprint density at radius 2 is 1.83 bits per heavy atom. The van der Waals surface area contributed by atoms with E-state index >= 15 is 0 Å². The van der Waals surface area contributed by atoms with E-state index in [-0.39, 0.29) is 0 Å². The number of fused-ring (bicyclic) bond motifs is 1. The molecule has 0 bridgehead atoms. The van der Waals surface area contributed by atoms with Gasteiger partial charge in [0.05, 0.1) is 25.3 Å². The van der Waals surface area contributed by atoms with Crippen molar-refractivity contribution in [1.29, 1.82) is 0 Å². The fourth-order valence-electron chi connectivity index (χ4n) is 5.56. The minimum Gasteiger partial charge on any atom is -0.374 e. The predicted octanol–water partition coefficient (Wildman–Crippen LogP) is 2.81. The van der Waals surface area contributed by atoms with Crippen molar-refractivity contribution in [3.05, 3.63) is 0 Å². The number of carbonyl (C=O) groups is 1. The molecule has 0 aromatic heterocycles. The largest absolute Gasteiger partial charge is 0.374 e. The van der Waals surface area contributed by atoms with Crippen molar-refractivity contribution in [2.45, 2.75) is 76.4 Å². The fraction of sp³-hybridized carbons (Fsp3) is 0.947. The summed E-state index contributed by atoms with van der Waals surface area (Å²) in [6.07, 6.45) is 13.4. The molecule has 23 heavy (non-hydrogen) atoms. The molecule has 0 unspecified atom stereocenters. The van der Waals surface area contributed by atoms with Crippen LogP contribution in [0.25, 0.3) is 0 Å². The van der Waals surface area contributed by atoms with Crippen molar-refractivity contribution >= 4 is 5.91 Å². The van der Waals surface area contributed by atoms with Gasteiger partial charge < -0.3 is 9.64 Å². The first-order chi connectivity index (χ1) is 11.3. The van der Waals surface area contributed by atoms with Gasteiger partial charge in [-0.3, -0.25) is 9.69 Å². The van der Waals surface area contributed by atoms with Crippen LogP contribution in [0.5, 0.6) is 0 Å². The molecule has 130 valence electrons. The zero-order valence-electron chi connectivity index (χ0n) is 14.5. The van der Waals surface area contributed by atoms with Crippen molar-refractivity contribution in [2.75, 3.05) is 32.8 Å². The van der Waals surface area contributed by atoms with E-state index in [1.165, 1.54) is 51.4 Å². The molecule has 4 heteroatoms. The van der Waals surface area contributed by atoms with Crippen LogP contribution in [0.15, 0.2) is 0 Å². The second kappa shape index (κ2) is 6.72. The number of likely N-dealkylation sites (tertiary alicyclic amines) is 1. The second-order valence-corrected chi connectivity index (χ2v) is 8.37. The standard InChI is InChI=1S/C19H32N2O2/c22-18(21-12-13-23-17-7-3-2-6-16(17)21)14-20-11-10-19(15-20)8-4-1-5-9-19/h16-17H,1-15H2/t16-,17-/m1/s1. The van der Waals surface area contributed by atoms with Crippen molar-refractivity contribution in [2.24, 2.45) is 5.41 Å². The Hall–Kier alpha value is -0.610. The zero-order valence-corrected chi connectivity index (χ0v) is 14.5. The Morgan fingerprint density at radius 1 is 1.00 bits per heavy atom. The molecule has 2 atom stereocenters. The van der Waals surface area contributed by atoms with Gasteiger partial charge in [-0.15, -0.1) is 0 Å². The molecule has 0 radical (unpaired) electrons. The topological polar surface area (TPSA) is 32.8 Å². The van der Waals surface area contributed by atoms with E-state index in [0.29, 0.717) is 30.0 Å². The number of hydrogen-bond donors (Lipinski definition) is 0. The minimum absolute atomic E-state index is 0.310. The summed E-state index contributed by atoms with van der Waals surface area (Å²) in [6, 6.07) is 0.358. The lowest BCUT2D eigenvalue weighted by Crippen LogP contribution is -2.56. The Labute approximate surface area is 140 Å². The molecule has 4 fully saturated rings. The molecule has 2 aliphatic carbocycles. The van der Waals surface area contributed by atoms with Crippen molar-refractivity contribution < 1.29 is 9.53 Å². The molecule has 1 amide bonds. The van der Waals surface area contributed by atoms with E-state index < -0.39 is 0 Å². The first-order valence-electron chi connectivity index (χ1n) is 9.89. The summed E-state index contributed by atoms with van der Waals surface area (Å²) in [5.41, 5.74) is 0.552. The SMILES string of the molecule is O=C(CN1CCC2(CCCCC2)C1)N1CCO[C@@H]2CCCC[C@H]21. The highest BCUT2D eigenvalue weighted by molar-refractivity contribution is 5.79. The van der Waals surface area contributed by atoms with Crippen molar-refractivity contribution in [1.82, 2.24) is 9.80 Å². The molecule has 4 nitrogen and oxygen atoms in total. The van der Waals surface area contributed by atoms with E-state index in [4.69, 9.17) is 4.74 Å². The number of carbonyl (C=O) groups excluding carboxylic acids is 1. The summed E-state index contributed by atoms with van der Waals surface area (Å²) in [5.74, 6) is 0.359. The maximum absolute atomic E-state index is 12.9. The van der Waals surface area contributed by atoms with Gasteiger partial charge in [0.25, 0.3) is 0 Å². The van der Waals surface area contributed by atoms with E-state index in [2.05, 4.69) is 9.80 Å². The summed E-state index contributed by atoms with van der Waals surface area (Å²) in [5, 5.41) is 0. The number of morpholine rings is 1. The number of amides is 1. The highest BCUT2D eigenvalue weighted by Crippen LogP contribution is 2.43. The van der Waals surface area contributed by atoms with E-state index in [0.717, 1.165) is 39.1 Å². The van der Waals surface area contributed by atoms with Crippen LogP contribution in [0, 0.1) is 5.41 Å². The summed E-state index contributed by atoms with van der Waals surface area (Å²) >= 11 is 0. The normalized spacial score (nSPS) is 34.5. The molecule has 2 aliphatic heterocycles. The summed E-state index contributed by atoms with van der Waals surface area (Å²) < 4.78 is 5.91. The predicted molar refractivity (Wildman–Crippen MR) is 90.3 cm³/mol. The third-order valence-corrected chi connectivity index (χ3v) is 6.84. The molecule has 0 aromatic carbocycles. The van der Waals surface area contributed by atoms with Crippen LogP contribution in [0.2, 0.25) is 0 Å². The highest BCUT2D eigenvalue weighted by Gasteiger charge is 2.41. The molecule has 2 saturated carbocycles. The van der Waals surface area contributed by atoms with Crippen LogP contribution in [-0.2, 0) is 9.53 Å². The van der Waals surface area contributed by atoms with Gasteiger partial charge >= 0.3 is 0 Å². The third-order valence-electron chi connectivity index (χ3n) is 6.84. The molecular weight excluding hydrogens is 288 g/mol. The van der Waals surface area contributed by atoms with Gasteiger partial charge in [-0.2, -0.15) is 0 Å². The smallest absolute Gasteiger partial charge is 0.237 e. The van der Waals surface area contributed by atoms with Gasteiger partial charge in [-0.1, -0.05) is 32.1 Å². The third kappa shape index (κ3) is 3.30. The summed E-state index contributed by atoms with van der Waals surface area (Å²) in [4.78, 5) is 17.5. The van der Waals surface area contributed by atoms with Gasteiger partial charge in [0.2, 0.25) is 5.91 Å². The maximum Gasteiger partial charge on any atom is 0.237 e. The maximum atomic E-state index is 12.9. The summed E-state index contributed by atoms with van der Waals surface area (Å²) in [6.45, 7) is 4.47. The Balaban J connectivity index is 1.34. The lowest BCUT2D eigenvalue weighted by Gasteiger charge is -2.44. The molecule has 4 aliphatic rings. The van der Waals surface area contributed by atoms with Crippen molar-refractivity contribution in [3.8, 4) is 0 Å². The average molecular weight is 320 g/mol. The van der Waals surface area contributed by atoms with Crippen LogP contribution in [0.3, 0.4) is 0 Å². The molecule has 2 heterocycles. The zero-order chi connectivity index (χ0) is 15.7. The number of rotatable bonds is 2. The Kier molecular flexibility index (Phi) is 4.64. The number of hydrogen-bond acceptors (Lipinski definition) is 3. The van der Waals surface area contributed by atoms with E-state index in [1.807, 2.05) is 0 Å². The van der Waals surface area contributed by atoms with Crippen LogP contribution in [0.1, 0.15) is 64.2 Å². The van der Waals surface area contributed by atoms with Gasteiger partial charge in [0.1, 0.15) is 0 Å². The monoisotopic (exact) mass is 320 g/mol. The van der Waals surface area contributed by atoms with E-state index in [1.54, 1.807) is 0 Å². The quantitative estimate of drug-likeness (QED) is 0.784. The molecule has 1 spiro atoms. The Bertz CT molecular complexity index is 431. The lowest BCUT2D eigenvalue weighted by molar-refractivity contribution is -0.150. The molecule has 0 aromatic rings. The minimum atomic E-state index is 0.310. The summed E-state index contributed by atoms with van der Waals surface area (Å²) in [7, 11) is 0. The van der Waals surface area contributed by atoms with Gasteiger partial charge in [-0.05, 0) is 44.1 Å². The lowest BCUT2D eigenvalue weighted by atomic mass is 9.73. The van der Waals surface area contributed by atoms with Crippen LogP contribution in [0.4, 0.5) is 0 Å². The van der Waals surface area contributed by atoms with Crippen LogP contribution >= 0.6 is 0 Å². The number of nitrogens with zero attached hydrogens (tertiary/aromatic N) is 2. The average Bonchev–Trinajstić information content (AvgIpc) is 2.97. The van der Waals surface area contributed by atoms with Gasteiger partial charge in [0, 0.05) is 13.1 Å². The van der Waals surface area contributed by atoms with Gasteiger partial charge in [-0.25, -0.2) is 0 Å². The molecule has 2 saturated heterocycles. The van der Waals surface area contributed by atoms with Crippen LogP contribution in [-0.4, -0.2) is 60.6 Å². The van der Waals surface area contributed by atoms with E-state index in [9.17, 15) is 4.79 Å². The fourth-order valence-corrected chi connectivity index (χ4v) is 5.56. The first kappa shape index (κ1) is 15.9. The molecular formula is C19H32N2O2. The molecule has 0 N–H and O–H groups in total. The second-order valence-electron chi connectivity index (χ2n) is 8.37. The highest BCUT2D eigenvalue weighted by atomic mass is 16.5. The number of ether oxygens (including phenoxy) is 1. The van der Waals surface area contributed by atoms with Crippen LogP contribution < -0.4 is 0 Å². The molecule has 4 rings (SSSR count). The van der Waals surface area contributed by atoms with Crippen molar-refractivity contribution in [3.63, 3.8) is 0 Å².